The molecular weight excluding hydrogens is 325 g/mol. The van der Waals surface area contributed by atoms with E-state index in [0.717, 1.165) is 15.6 Å². The van der Waals surface area contributed by atoms with Gasteiger partial charge >= 0.3 is 0 Å². The fourth-order valence-electron chi connectivity index (χ4n) is 1.98. The fourth-order valence-corrected chi connectivity index (χ4v) is 2.46. The van der Waals surface area contributed by atoms with E-state index in [0.29, 0.717) is 11.5 Å². The molecule has 0 aliphatic carbocycles. The van der Waals surface area contributed by atoms with Gasteiger partial charge in [0.2, 0.25) is 0 Å². The topological polar surface area (TPSA) is 44.5 Å². The van der Waals surface area contributed by atoms with Crippen LogP contribution in [-0.2, 0) is 0 Å². The molecule has 0 bridgehead atoms. The maximum absolute atomic E-state index is 13.0. The molecule has 0 heterocycles. The molecule has 0 aliphatic heterocycles. The van der Waals surface area contributed by atoms with E-state index < -0.39 is 6.04 Å². The van der Waals surface area contributed by atoms with Gasteiger partial charge in [0.25, 0.3) is 0 Å². The number of benzene rings is 2. The molecule has 2 rings (SSSR count). The zero-order valence-corrected chi connectivity index (χ0v) is 12.8. The van der Waals surface area contributed by atoms with Crippen LogP contribution >= 0.6 is 15.9 Å². The summed E-state index contributed by atoms with van der Waals surface area (Å²) in [6.07, 6.45) is 0. The number of nitrogens with two attached hydrogens (primary N) is 1. The summed E-state index contributed by atoms with van der Waals surface area (Å²) in [5.74, 6) is 1.02. The van der Waals surface area contributed by atoms with Crippen molar-refractivity contribution >= 4 is 15.9 Å². The molecule has 1 unspecified atom stereocenters. The van der Waals surface area contributed by atoms with Crippen LogP contribution in [0.2, 0.25) is 0 Å². The zero-order valence-electron chi connectivity index (χ0n) is 11.2. The van der Waals surface area contributed by atoms with Gasteiger partial charge < -0.3 is 15.2 Å². The van der Waals surface area contributed by atoms with E-state index in [4.69, 9.17) is 15.2 Å². The van der Waals surface area contributed by atoms with Crippen LogP contribution in [0.15, 0.2) is 40.9 Å². The molecular formula is C15H15BrFNO2. The van der Waals surface area contributed by atoms with Gasteiger partial charge in [0.1, 0.15) is 17.3 Å². The van der Waals surface area contributed by atoms with E-state index in [1.54, 1.807) is 32.4 Å². The first-order chi connectivity index (χ1) is 9.56. The Morgan fingerprint density at radius 2 is 1.65 bits per heavy atom. The lowest BCUT2D eigenvalue weighted by molar-refractivity contribution is 0.395. The second-order valence-corrected chi connectivity index (χ2v) is 5.11. The molecule has 0 amide bonds. The van der Waals surface area contributed by atoms with Gasteiger partial charge in [-0.2, -0.15) is 0 Å². The Kier molecular flexibility index (Phi) is 4.62. The lowest BCUT2D eigenvalue weighted by Crippen LogP contribution is -2.13. The van der Waals surface area contributed by atoms with Gasteiger partial charge in [0.15, 0.2) is 0 Å². The third-order valence-corrected chi connectivity index (χ3v) is 3.69. The number of rotatable bonds is 4. The molecule has 0 saturated heterocycles. The Labute approximate surface area is 125 Å². The van der Waals surface area contributed by atoms with E-state index in [1.807, 2.05) is 6.07 Å². The monoisotopic (exact) mass is 339 g/mol. The van der Waals surface area contributed by atoms with E-state index in [2.05, 4.69) is 15.9 Å². The third kappa shape index (κ3) is 2.94. The zero-order chi connectivity index (χ0) is 14.7. The van der Waals surface area contributed by atoms with E-state index in [-0.39, 0.29) is 5.82 Å². The Morgan fingerprint density at radius 1 is 1.05 bits per heavy atom. The lowest BCUT2D eigenvalue weighted by atomic mass is 9.98. The number of hydrogen-bond acceptors (Lipinski definition) is 3. The van der Waals surface area contributed by atoms with Crippen molar-refractivity contribution in [3.8, 4) is 11.5 Å². The SMILES string of the molecule is COc1cc(C(N)c2ccc(F)cc2)c(OC)cc1Br. The van der Waals surface area contributed by atoms with Gasteiger partial charge in [-0.25, -0.2) is 4.39 Å². The fraction of sp³-hybridized carbons (Fsp3) is 0.200. The highest BCUT2D eigenvalue weighted by atomic mass is 79.9. The Morgan fingerprint density at radius 3 is 2.20 bits per heavy atom. The smallest absolute Gasteiger partial charge is 0.133 e. The summed E-state index contributed by atoms with van der Waals surface area (Å²) >= 11 is 3.40. The van der Waals surface area contributed by atoms with Gasteiger partial charge in [-0.15, -0.1) is 0 Å². The van der Waals surface area contributed by atoms with E-state index in [9.17, 15) is 4.39 Å². The highest BCUT2D eigenvalue weighted by molar-refractivity contribution is 9.10. The number of methoxy groups -OCH3 is 2. The average molecular weight is 340 g/mol. The second kappa shape index (κ2) is 6.24. The van der Waals surface area contributed by atoms with Crippen LogP contribution in [0.3, 0.4) is 0 Å². The number of halogens is 2. The van der Waals surface area contributed by atoms with Crippen molar-refractivity contribution in [1.82, 2.24) is 0 Å². The maximum atomic E-state index is 13.0. The summed E-state index contributed by atoms with van der Waals surface area (Å²) in [6.45, 7) is 0. The van der Waals surface area contributed by atoms with E-state index in [1.165, 1.54) is 12.1 Å². The van der Waals surface area contributed by atoms with Gasteiger partial charge in [0, 0.05) is 5.56 Å². The molecule has 2 aromatic carbocycles. The predicted octanol–water partition coefficient (Wildman–Crippen LogP) is 3.65. The van der Waals surface area contributed by atoms with Crippen LogP contribution in [0.5, 0.6) is 11.5 Å². The van der Waals surface area contributed by atoms with Crippen LogP contribution in [0.25, 0.3) is 0 Å². The molecule has 5 heteroatoms. The molecule has 0 aliphatic rings. The lowest BCUT2D eigenvalue weighted by Gasteiger charge is -2.18. The molecule has 20 heavy (non-hydrogen) atoms. The quantitative estimate of drug-likeness (QED) is 0.924. The van der Waals surface area contributed by atoms with Crippen molar-refractivity contribution < 1.29 is 13.9 Å². The average Bonchev–Trinajstić information content (AvgIpc) is 2.47. The summed E-state index contributed by atoms with van der Waals surface area (Å²) in [7, 11) is 3.16. The highest BCUT2D eigenvalue weighted by Gasteiger charge is 2.17. The maximum Gasteiger partial charge on any atom is 0.133 e. The van der Waals surface area contributed by atoms with E-state index >= 15 is 0 Å². The van der Waals surface area contributed by atoms with Crippen molar-refractivity contribution in [2.45, 2.75) is 6.04 Å². The van der Waals surface area contributed by atoms with Crippen LogP contribution in [-0.4, -0.2) is 14.2 Å². The van der Waals surface area contributed by atoms with Crippen LogP contribution < -0.4 is 15.2 Å². The summed E-state index contributed by atoms with van der Waals surface area (Å²) in [5.41, 5.74) is 7.82. The second-order valence-electron chi connectivity index (χ2n) is 4.26. The van der Waals surface area contributed by atoms with Gasteiger partial charge in [-0.1, -0.05) is 12.1 Å². The third-order valence-electron chi connectivity index (χ3n) is 3.07. The van der Waals surface area contributed by atoms with Gasteiger partial charge in [0.05, 0.1) is 24.7 Å². The molecule has 1 atom stereocenters. The molecule has 3 nitrogen and oxygen atoms in total. The van der Waals surface area contributed by atoms with Crippen LogP contribution in [0.4, 0.5) is 4.39 Å². The number of ether oxygens (including phenoxy) is 2. The Bertz CT molecular complexity index is 602. The standard InChI is InChI=1S/C15H15BrFNO2/c1-19-13-8-12(16)14(20-2)7-11(13)15(18)9-3-5-10(17)6-4-9/h3-8,15H,18H2,1-2H3. The molecule has 2 N–H and O–H groups in total. The normalized spacial score (nSPS) is 12.1. The molecule has 0 spiro atoms. The molecule has 0 radical (unpaired) electrons. The predicted molar refractivity (Wildman–Crippen MR) is 79.7 cm³/mol. The van der Waals surface area contributed by atoms with Crippen molar-refractivity contribution in [3.05, 3.63) is 57.8 Å². The molecule has 0 fully saturated rings. The molecule has 2 aromatic rings. The summed E-state index contributed by atoms with van der Waals surface area (Å²) in [5, 5.41) is 0. The molecule has 0 aromatic heterocycles. The molecule has 0 saturated carbocycles. The molecule has 106 valence electrons. The number of hydrogen-bond donors (Lipinski definition) is 1. The van der Waals surface area contributed by atoms with Crippen LogP contribution in [0.1, 0.15) is 17.2 Å². The van der Waals surface area contributed by atoms with Gasteiger partial charge in [-0.3, -0.25) is 0 Å². The Hall–Kier alpha value is -1.59. The summed E-state index contributed by atoms with van der Waals surface area (Å²) in [4.78, 5) is 0. The first-order valence-corrected chi connectivity index (χ1v) is 6.78. The summed E-state index contributed by atoms with van der Waals surface area (Å²) < 4.78 is 24.4. The summed E-state index contributed by atoms with van der Waals surface area (Å²) in [6, 6.07) is 9.29. The van der Waals surface area contributed by atoms with Crippen molar-refractivity contribution in [3.63, 3.8) is 0 Å². The van der Waals surface area contributed by atoms with Crippen molar-refractivity contribution in [2.75, 3.05) is 14.2 Å². The minimum Gasteiger partial charge on any atom is -0.496 e. The van der Waals surface area contributed by atoms with Crippen molar-refractivity contribution in [2.24, 2.45) is 5.73 Å². The van der Waals surface area contributed by atoms with Gasteiger partial charge in [-0.05, 0) is 45.8 Å². The first kappa shape index (κ1) is 14.8. The Balaban J connectivity index is 2.47. The minimum atomic E-state index is -0.424. The largest absolute Gasteiger partial charge is 0.496 e. The van der Waals surface area contributed by atoms with Crippen molar-refractivity contribution in [1.29, 1.82) is 0 Å². The first-order valence-electron chi connectivity index (χ1n) is 5.99. The highest BCUT2D eigenvalue weighted by Crippen LogP contribution is 2.37. The van der Waals surface area contributed by atoms with Crippen LogP contribution in [0, 0.1) is 5.82 Å². The minimum absolute atomic E-state index is 0.290.